The second-order valence-corrected chi connectivity index (χ2v) is 8.62. The van der Waals surface area contributed by atoms with Crippen LogP contribution in [0.1, 0.15) is 18.1 Å². The van der Waals surface area contributed by atoms with Gasteiger partial charge in [-0.25, -0.2) is 0 Å². The smallest absolute Gasteiger partial charge is 0.246 e. The predicted octanol–water partition coefficient (Wildman–Crippen LogP) is 4.02. The van der Waals surface area contributed by atoms with Crippen molar-refractivity contribution < 1.29 is 14.3 Å². The number of anilines is 1. The molecule has 0 saturated carbocycles. The molecule has 1 fully saturated rings. The maximum Gasteiger partial charge on any atom is 0.246 e. The number of nitrogens with zero attached hydrogens (tertiary/aromatic N) is 2. The number of carbonyl (C=O) groups is 2. The fourth-order valence-corrected chi connectivity index (χ4v) is 4.20. The molecule has 2 amide bonds. The first-order chi connectivity index (χ1) is 16.0. The van der Waals surface area contributed by atoms with Crippen LogP contribution in [0.25, 0.3) is 6.08 Å². The van der Waals surface area contributed by atoms with E-state index in [4.69, 9.17) is 16.3 Å². The molecular weight excluding hydrogens is 438 g/mol. The number of fused-ring (bicyclic) bond motifs is 1. The first kappa shape index (κ1) is 23.1. The van der Waals surface area contributed by atoms with E-state index < -0.39 is 0 Å². The highest BCUT2D eigenvalue weighted by Gasteiger charge is 2.21. The molecule has 2 aromatic rings. The molecule has 1 N–H and O–H groups in total. The van der Waals surface area contributed by atoms with E-state index in [1.807, 2.05) is 47.4 Å². The molecule has 2 aliphatic heterocycles. The molecule has 2 heterocycles. The number of hydrogen-bond acceptors (Lipinski definition) is 4. The van der Waals surface area contributed by atoms with Crippen molar-refractivity contribution in [1.29, 1.82) is 0 Å². The number of carbonyl (C=O) groups excluding carboxylic acids is 2. The molecule has 0 aliphatic carbocycles. The first-order valence-corrected chi connectivity index (χ1v) is 11.6. The molecule has 0 aromatic heterocycles. The molecule has 0 spiro atoms. The molecule has 4 rings (SSSR count). The monoisotopic (exact) mass is 465 g/mol. The number of nitrogens with one attached hydrogen (secondary N) is 1. The maximum absolute atomic E-state index is 12.6. The Morgan fingerprint density at radius 3 is 2.70 bits per heavy atom. The number of piperazine rings is 1. The van der Waals surface area contributed by atoms with E-state index in [-0.39, 0.29) is 11.8 Å². The van der Waals surface area contributed by atoms with E-state index in [1.165, 1.54) is 0 Å². The zero-order chi connectivity index (χ0) is 23.2. The van der Waals surface area contributed by atoms with Crippen molar-refractivity contribution in [2.24, 2.45) is 0 Å². The third-order valence-corrected chi connectivity index (χ3v) is 6.11. The van der Waals surface area contributed by atoms with Gasteiger partial charge in [-0.15, -0.1) is 0 Å². The van der Waals surface area contributed by atoms with Crippen molar-refractivity contribution >= 4 is 35.2 Å². The second kappa shape index (κ2) is 10.7. The lowest BCUT2D eigenvalue weighted by Gasteiger charge is -2.33. The van der Waals surface area contributed by atoms with Crippen LogP contribution in [0.2, 0.25) is 5.02 Å². The van der Waals surface area contributed by atoms with Crippen molar-refractivity contribution in [2.45, 2.75) is 13.3 Å². The highest BCUT2D eigenvalue weighted by molar-refractivity contribution is 6.30. The average molecular weight is 466 g/mol. The molecule has 172 valence electrons. The van der Waals surface area contributed by atoms with Gasteiger partial charge < -0.3 is 15.0 Å². The quantitative estimate of drug-likeness (QED) is 0.654. The van der Waals surface area contributed by atoms with Crippen LogP contribution in [0, 0.1) is 0 Å². The third-order valence-electron chi connectivity index (χ3n) is 5.87. The van der Waals surface area contributed by atoms with Gasteiger partial charge in [-0.05, 0) is 47.9 Å². The Kier molecular flexibility index (Phi) is 7.47. The van der Waals surface area contributed by atoms with Gasteiger partial charge in [-0.1, -0.05) is 42.8 Å². The van der Waals surface area contributed by atoms with Crippen LogP contribution in [-0.4, -0.2) is 60.9 Å². The van der Waals surface area contributed by atoms with Crippen molar-refractivity contribution in [1.82, 2.24) is 9.80 Å². The van der Waals surface area contributed by atoms with E-state index in [2.05, 4.69) is 17.1 Å². The largest absolute Gasteiger partial charge is 0.488 e. The Labute approximate surface area is 199 Å². The average Bonchev–Trinajstić information content (AvgIpc) is 2.83. The van der Waals surface area contributed by atoms with Crippen molar-refractivity contribution in [3.05, 3.63) is 76.3 Å². The van der Waals surface area contributed by atoms with Crippen LogP contribution in [0.4, 0.5) is 5.69 Å². The normalized spacial score (nSPS) is 16.2. The van der Waals surface area contributed by atoms with Gasteiger partial charge in [0.25, 0.3) is 0 Å². The number of rotatable bonds is 6. The molecule has 2 aliphatic rings. The number of amides is 2. The summed E-state index contributed by atoms with van der Waals surface area (Å²) in [5.41, 5.74) is 3.82. The summed E-state index contributed by atoms with van der Waals surface area (Å²) < 4.78 is 5.73. The van der Waals surface area contributed by atoms with E-state index in [0.29, 0.717) is 44.4 Å². The van der Waals surface area contributed by atoms with Crippen LogP contribution >= 0.6 is 11.6 Å². The third kappa shape index (κ3) is 6.03. The van der Waals surface area contributed by atoms with Gasteiger partial charge in [0.05, 0.1) is 6.54 Å². The highest BCUT2D eigenvalue weighted by Crippen LogP contribution is 2.29. The summed E-state index contributed by atoms with van der Waals surface area (Å²) in [6.45, 7) is 5.33. The highest BCUT2D eigenvalue weighted by atomic mass is 35.5. The standard InChI is InChI=1S/C26H28ClN3O3/c1-2-20-5-3-4-6-23(20)28-25(31)17-29-11-13-30(14-12-29)26(32)10-7-19-15-21-16-22(27)8-9-24(21)33-18-19/h3-10,15-16H,2,11-14,17-18H2,1H3,(H,28,31)/b10-7+. The van der Waals surface area contributed by atoms with Crippen molar-refractivity contribution in [3.8, 4) is 5.75 Å². The SMILES string of the molecule is CCc1ccccc1NC(=O)CN1CCN(C(=O)/C=C/C2=Cc3cc(Cl)ccc3OC2)CC1. The molecule has 0 atom stereocenters. The summed E-state index contributed by atoms with van der Waals surface area (Å²) in [6, 6.07) is 13.4. The summed E-state index contributed by atoms with van der Waals surface area (Å²) in [5.74, 6) is 0.732. The lowest BCUT2D eigenvalue weighted by atomic mass is 10.1. The number of benzene rings is 2. The fraction of sp³-hybridized carbons (Fsp3) is 0.308. The molecule has 0 unspecified atom stereocenters. The lowest BCUT2D eigenvalue weighted by Crippen LogP contribution is -2.50. The number of ether oxygens (including phenoxy) is 1. The molecular formula is C26H28ClN3O3. The van der Waals surface area contributed by atoms with Crippen molar-refractivity contribution in [3.63, 3.8) is 0 Å². The lowest BCUT2D eigenvalue weighted by molar-refractivity contribution is -0.128. The minimum absolute atomic E-state index is 0.0276. The molecule has 33 heavy (non-hydrogen) atoms. The summed E-state index contributed by atoms with van der Waals surface area (Å²) in [6.07, 6.45) is 6.25. The molecule has 0 bridgehead atoms. The Bertz CT molecular complexity index is 1090. The Morgan fingerprint density at radius 2 is 1.91 bits per heavy atom. The summed E-state index contributed by atoms with van der Waals surface area (Å²) in [4.78, 5) is 29.0. The van der Waals surface area contributed by atoms with Gasteiger partial charge >= 0.3 is 0 Å². The van der Waals surface area contributed by atoms with E-state index in [1.54, 1.807) is 18.2 Å². The van der Waals surface area contributed by atoms with Crippen LogP contribution in [0.5, 0.6) is 5.75 Å². The van der Waals surface area contributed by atoms with Crippen LogP contribution in [0.15, 0.2) is 60.2 Å². The van der Waals surface area contributed by atoms with Crippen LogP contribution in [0.3, 0.4) is 0 Å². The molecule has 0 radical (unpaired) electrons. The first-order valence-electron chi connectivity index (χ1n) is 11.2. The molecule has 6 nitrogen and oxygen atoms in total. The zero-order valence-electron chi connectivity index (χ0n) is 18.7. The second-order valence-electron chi connectivity index (χ2n) is 8.18. The predicted molar refractivity (Wildman–Crippen MR) is 132 cm³/mol. The minimum atomic E-state index is -0.0336. The van der Waals surface area contributed by atoms with Gasteiger partial charge in [0.1, 0.15) is 12.4 Å². The summed E-state index contributed by atoms with van der Waals surface area (Å²) in [7, 11) is 0. The summed E-state index contributed by atoms with van der Waals surface area (Å²) in [5, 5.41) is 3.66. The van der Waals surface area contributed by atoms with Crippen LogP contribution < -0.4 is 10.1 Å². The van der Waals surface area contributed by atoms with Gasteiger partial charge in [0.2, 0.25) is 11.8 Å². The zero-order valence-corrected chi connectivity index (χ0v) is 19.5. The van der Waals surface area contributed by atoms with Gasteiger partial charge in [0, 0.05) is 48.5 Å². The topological polar surface area (TPSA) is 61.9 Å². The van der Waals surface area contributed by atoms with E-state index in [0.717, 1.165) is 34.6 Å². The number of para-hydroxylation sites is 1. The van der Waals surface area contributed by atoms with E-state index >= 15 is 0 Å². The van der Waals surface area contributed by atoms with E-state index in [9.17, 15) is 9.59 Å². The number of halogens is 1. The fourth-order valence-electron chi connectivity index (χ4n) is 4.02. The minimum Gasteiger partial charge on any atom is -0.488 e. The number of aryl methyl sites for hydroxylation is 1. The maximum atomic E-state index is 12.6. The van der Waals surface area contributed by atoms with Crippen LogP contribution in [-0.2, 0) is 16.0 Å². The van der Waals surface area contributed by atoms with Gasteiger partial charge in [0.15, 0.2) is 0 Å². The molecule has 1 saturated heterocycles. The number of hydrogen-bond donors (Lipinski definition) is 1. The summed E-state index contributed by atoms with van der Waals surface area (Å²) >= 11 is 6.06. The Hall–Kier alpha value is -3.09. The Balaban J connectivity index is 1.26. The van der Waals surface area contributed by atoms with Gasteiger partial charge in [-0.2, -0.15) is 0 Å². The van der Waals surface area contributed by atoms with Gasteiger partial charge in [-0.3, -0.25) is 14.5 Å². The molecule has 7 heteroatoms. The van der Waals surface area contributed by atoms with Crippen molar-refractivity contribution in [2.75, 3.05) is 44.6 Å². The molecule has 2 aromatic carbocycles. The Morgan fingerprint density at radius 1 is 1.12 bits per heavy atom.